The van der Waals surface area contributed by atoms with E-state index in [1.165, 1.54) is 25.3 Å². The number of aryl methyl sites for hydroxylation is 1. The minimum atomic E-state index is -3.96. The van der Waals surface area contributed by atoms with Crippen molar-refractivity contribution in [2.75, 3.05) is 12.4 Å². The normalized spacial score (nSPS) is 11.5. The summed E-state index contributed by atoms with van der Waals surface area (Å²) in [6, 6.07) is 18.7. The number of nitrogens with zero attached hydrogens (tertiary/aromatic N) is 1. The fraction of sp³-hybridized carbons (Fsp3) is 0.125. The predicted molar refractivity (Wildman–Crippen MR) is 129 cm³/mol. The van der Waals surface area contributed by atoms with Crippen molar-refractivity contribution in [2.45, 2.75) is 11.4 Å². The van der Waals surface area contributed by atoms with Gasteiger partial charge < -0.3 is 14.6 Å². The van der Waals surface area contributed by atoms with E-state index in [4.69, 9.17) is 16.3 Å². The fourth-order valence-corrected chi connectivity index (χ4v) is 4.83. The highest BCUT2D eigenvalue weighted by atomic mass is 35.5. The zero-order valence-electron chi connectivity index (χ0n) is 18.0. The highest BCUT2D eigenvalue weighted by Crippen LogP contribution is 2.27. The molecule has 2 N–H and O–H groups in total. The van der Waals surface area contributed by atoms with Gasteiger partial charge in [0.05, 0.1) is 12.8 Å². The van der Waals surface area contributed by atoms with Gasteiger partial charge in [-0.2, -0.15) is 0 Å². The number of amides is 1. The lowest BCUT2D eigenvalue weighted by molar-refractivity contribution is 0.102. The minimum absolute atomic E-state index is 0.0646. The van der Waals surface area contributed by atoms with Gasteiger partial charge in [-0.15, -0.1) is 0 Å². The van der Waals surface area contributed by atoms with Gasteiger partial charge in [-0.25, -0.2) is 13.1 Å². The van der Waals surface area contributed by atoms with Gasteiger partial charge in [0.25, 0.3) is 5.91 Å². The van der Waals surface area contributed by atoms with Crippen LogP contribution in [0.1, 0.15) is 15.9 Å². The van der Waals surface area contributed by atoms with Gasteiger partial charge >= 0.3 is 0 Å². The van der Waals surface area contributed by atoms with E-state index in [9.17, 15) is 13.2 Å². The number of aromatic nitrogens is 1. The summed E-state index contributed by atoms with van der Waals surface area (Å²) in [6.45, 7) is 0.0646. The Bertz CT molecular complexity index is 1430. The maximum atomic E-state index is 13.0. The molecule has 0 aliphatic rings. The summed E-state index contributed by atoms with van der Waals surface area (Å²) in [5, 5.41) is 4.32. The molecule has 33 heavy (non-hydrogen) atoms. The van der Waals surface area contributed by atoms with E-state index in [0.717, 1.165) is 16.5 Å². The topological polar surface area (TPSA) is 89.4 Å². The molecule has 3 aromatic carbocycles. The number of rotatable bonds is 7. The number of methoxy groups -OCH3 is 1. The first-order valence-corrected chi connectivity index (χ1v) is 11.9. The fourth-order valence-electron chi connectivity index (χ4n) is 3.49. The Morgan fingerprint density at radius 2 is 1.82 bits per heavy atom. The molecule has 4 rings (SSSR count). The molecular weight excluding hydrogens is 462 g/mol. The monoisotopic (exact) mass is 483 g/mol. The maximum absolute atomic E-state index is 13.0. The van der Waals surface area contributed by atoms with E-state index in [0.29, 0.717) is 10.7 Å². The van der Waals surface area contributed by atoms with Crippen molar-refractivity contribution >= 4 is 44.1 Å². The van der Waals surface area contributed by atoms with Gasteiger partial charge in [0.2, 0.25) is 10.0 Å². The van der Waals surface area contributed by atoms with Crippen LogP contribution in [0.15, 0.2) is 77.8 Å². The smallest absolute Gasteiger partial charge is 0.255 e. The van der Waals surface area contributed by atoms with Gasteiger partial charge in [0.15, 0.2) is 0 Å². The first kappa shape index (κ1) is 22.8. The number of ether oxygens (including phenoxy) is 1. The number of fused-ring (bicyclic) bond motifs is 1. The molecule has 9 heteroatoms. The van der Waals surface area contributed by atoms with Crippen LogP contribution in [0.5, 0.6) is 5.75 Å². The van der Waals surface area contributed by atoms with Crippen LogP contribution >= 0.6 is 11.6 Å². The van der Waals surface area contributed by atoms with Gasteiger partial charge in [0.1, 0.15) is 10.6 Å². The summed E-state index contributed by atoms with van der Waals surface area (Å²) in [6.07, 6.45) is 1.91. The quantitative estimate of drug-likeness (QED) is 0.403. The van der Waals surface area contributed by atoms with Crippen LogP contribution in [0.25, 0.3) is 10.9 Å². The summed E-state index contributed by atoms with van der Waals surface area (Å²) in [4.78, 5) is 12.8. The molecule has 170 valence electrons. The number of hydrogen-bond donors (Lipinski definition) is 2. The summed E-state index contributed by atoms with van der Waals surface area (Å²) in [5.74, 6) is -0.288. The van der Waals surface area contributed by atoms with Crippen LogP contribution < -0.4 is 14.8 Å². The number of benzene rings is 3. The van der Waals surface area contributed by atoms with Crippen molar-refractivity contribution in [3.05, 3.63) is 89.1 Å². The summed E-state index contributed by atoms with van der Waals surface area (Å²) >= 11 is 5.88. The van der Waals surface area contributed by atoms with Gasteiger partial charge in [-0.1, -0.05) is 29.8 Å². The van der Waals surface area contributed by atoms with Crippen LogP contribution in [0.2, 0.25) is 5.02 Å². The average molecular weight is 484 g/mol. The number of carbonyl (C=O) groups excluding carboxylic acids is 1. The molecule has 0 radical (unpaired) electrons. The van der Waals surface area contributed by atoms with Gasteiger partial charge in [-0.3, -0.25) is 4.79 Å². The molecule has 7 nitrogen and oxygen atoms in total. The Morgan fingerprint density at radius 1 is 1.06 bits per heavy atom. The van der Waals surface area contributed by atoms with Gasteiger partial charge in [0, 0.05) is 41.3 Å². The number of anilines is 1. The van der Waals surface area contributed by atoms with Crippen molar-refractivity contribution in [2.24, 2.45) is 7.05 Å². The maximum Gasteiger partial charge on any atom is 0.255 e. The van der Waals surface area contributed by atoms with Crippen molar-refractivity contribution < 1.29 is 17.9 Å². The van der Waals surface area contributed by atoms with Crippen molar-refractivity contribution in [3.63, 3.8) is 0 Å². The molecular formula is C24H22ClN3O4S. The Morgan fingerprint density at radius 3 is 2.55 bits per heavy atom. The van der Waals surface area contributed by atoms with Crippen LogP contribution in [-0.2, 0) is 23.6 Å². The third-order valence-corrected chi connectivity index (χ3v) is 6.95. The highest BCUT2D eigenvalue weighted by Gasteiger charge is 2.22. The highest BCUT2D eigenvalue weighted by molar-refractivity contribution is 7.89. The molecule has 0 aliphatic heterocycles. The second-order valence-electron chi connectivity index (χ2n) is 7.44. The van der Waals surface area contributed by atoms with Crippen molar-refractivity contribution in [1.82, 2.24) is 9.29 Å². The second kappa shape index (κ2) is 9.27. The van der Waals surface area contributed by atoms with Crippen molar-refractivity contribution in [1.29, 1.82) is 0 Å². The van der Waals surface area contributed by atoms with Crippen molar-refractivity contribution in [3.8, 4) is 5.75 Å². The van der Waals surface area contributed by atoms with E-state index in [-0.39, 0.29) is 22.8 Å². The third-order valence-electron chi connectivity index (χ3n) is 5.27. The van der Waals surface area contributed by atoms with Crippen LogP contribution in [0.3, 0.4) is 0 Å². The predicted octanol–water partition coefficient (Wildman–Crippen LogP) is 4.57. The Labute approximate surface area is 197 Å². The lowest BCUT2D eigenvalue weighted by Crippen LogP contribution is -2.24. The summed E-state index contributed by atoms with van der Waals surface area (Å²) in [5.41, 5.74) is 2.54. The summed E-state index contributed by atoms with van der Waals surface area (Å²) < 4.78 is 35.8. The molecule has 0 saturated heterocycles. The van der Waals surface area contributed by atoms with Gasteiger partial charge in [-0.05, 0) is 54.1 Å². The average Bonchev–Trinajstić information content (AvgIpc) is 3.20. The first-order valence-electron chi connectivity index (χ1n) is 10.1. The molecule has 0 fully saturated rings. The molecule has 0 spiro atoms. The first-order chi connectivity index (χ1) is 15.8. The van der Waals surface area contributed by atoms with E-state index in [2.05, 4.69) is 10.0 Å². The number of hydrogen-bond acceptors (Lipinski definition) is 4. The zero-order chi connectivity index (χ0) is 23.6. The van der Waals surface area contributed by atoms with E-state index < -0.39 is 15.9 Å². The third kappa shape index (κ3) is 4.88. The molecule has 4 aromatic rings. The van der Waals surface area contributed by atoms with Crippen LogP contribution in [0, 0.1) is 0 Å². The second-order valence-corrected chi connectivity index (χ2v) is 9.61. The molecule has 0 saturated carbocycles. The largest absolute Gasteiger partial charge is 0.495 e. The van der Waals surface area contributed by atoms with Crippen LogP contribution in [0.4, 0.5) is 5.69 Å². The van der Waals surface area contributed by atoms with E-state index in [1.54, 1.807) is 30.3 Å². The molecule has 0 bridgehead atoms. The molecule has 0 aliphatic carbocycles. The van der Waals surface area contributed by atoms with Crippen LogP contribution in [-0.4, -0.2) is 26.0 Å². The molecule has 1 heterocycles. The number of nitrogens with one attached hydrogen (secondary N) is 2. The molecule has 1 aromatic heterocycles. The molecule has 1 amide bonds. The number of carbonyl (C=O) groups is 1. The Hall–Kier alpha value is -3.33. The lowest BCUT2D eigenvalue weighted by atomic mass is 10.1. The summed E-state index contributed by atoms with van der Waals surface area (Å²) in [7, 11) is -0.662. The lowest BCUT2D eigenvalue weighted by Gasteiger charge is -2.13. The van der Waals surface area contributed by atoms with E-state index >= 15 is 0 Å². The Kier molecular flexibility index (Phi) is 6.42. The standard InChI is InChI=1S/C24H22ClN3O4S/c1-28-13-12-19-20(4-3-5-21(19)28)27-24(29)17-8-11-22(32-2)23(14-17)33(30,31)26-15-16-6-9-18(25)10-7-16/h3-14,26H,15H2,1-2H3,(H,27,29). The number of halogens is 1. The molecule has 0 unspecified atom stereocenters. The Balaban J connectivity index is 1.60. The SMILES string of the molecule is COc1ccc(C(=O)Nc2cccc3c2ccn3C)cc1S(=O)(=O)NCc1ccc(Cl)cc1. The molecule has 0 atom stereocenters. The van der Waals surface area contributed by atoms with E-state index in [1.807, 2.05) is 36.0 Å². The minimum Gasteiger partial charge on any atom is -0.495 e. The number of sulfonamides is 1. The zero-order valence-corrected chi connectivity index (χ0v) is 19.6.